The first kappa shape index (κ1) is 22.4. The van der Waals surface area contributed by atoms with E-state index in [0.29, 0.717) is 11.5 Å². The lowest BCUT2D eigenvalue weighted by atomic mass is 9.90. The summed E-state index contributed by atoms with van der Waals surface area (Å²) in [5.74, 6) is 1.36. The average molecular weight is 475 g/mol. The van der Waals surface area contributed by atoms with Crippen LogP contribution in [0.25, 0.3) is 54.2 Å². The van der Waals surface area contributed by atoms with Gasteiger partial charge >= 0.3 is 0 Å². The number of ether oxygens (including phenoxy) is 2. The van der Waals surface area contributed by atoms with Gasteiger partial charge in [-0.1, -0.05) is 60.7 Å². The molecule has 6 rings (SSSR count). The third kappa shape index (κ3) is 3.91. The van der Waals surface area contributed by atoms with Crippen LogP contribution in [0.3, 0.4) is 0 Å². The molecule has 0 heterocycles. The lowest BCUT2D eigenvalue weighted by molar-refractivity contribution is 0.200. The van der Waals surface area contributed by atoms with Crippen molar-refractivity contribution in [2.45, 2.75) is 0 Å². The first-order valence-electron chi connectivity index (χ1n) is 12.2. The Morgan fingerprint density at radius 2 is 0.833 bits per heavy atom. The van der Waals surface area contributed by atoms with Gasteiger partial charge in [0, 0.05) is 11.1 Å². The van der Waals surface area contributed by atoms with E-state index in [1.165, 1.54) is 10.8 Å². The summed E-state index contributed by atoms with van der Waals surface area (Å²) in [7, 11) is 0. The Balaban J connectivity index is 1.75. The van der Waals surface area contributed by atoms with Gasteiger partial charge in [-0.15, -0.1) is 0 Å². The fourth-order valence-corrected chi connectivity index (χ4v) is 5.06. The maximum Gasteiger partial charge on any atom is 0.128 e. The first-order valence-corrected chi connectivity index (χ1v) is 12.2. The molecule has 4 heteroatoms. The topological polar surface area (TPSA) is 58.9 Å². The Hall–Kier alpha value is -4.12. The van der Waals surface area contributed by atoms with Gasteiger partial charge in [0.1, 0.15) is 24.7 Å². The summed E-state index contributed by atoms with van der Waals surface area (Å²) in [5.41, 5.74) is 1.83. The Morgan fingerprint density at radius 1 is 0.444 bits per heavy atom. The van der Waals surface area contributed by atoms with Gasteiger partial charge in [0.05, 0.1) is 13.2 Å². The van der Waals surface area contributed by atoms with Crippen molar-refractivity contribution in [3.63, 3.8) is 0 Å². The second kappa shape index (κ2) is 9.50. The minimum atomic E-state index is -0.0801. The summed E-state index contributed by atoms with van der Waals surface area (Å²) in [6.07, 6.45) is 0. The lowest BCUT2D eigenvalue weighted by Crippen LogP contribution is -2.05. The van der Waals surface area contributed by atoms with Crippen molar-refractivity contribution in [2.24, 2.45) is 0 Å². The number of aliphatic hydroxyl groups is 2. The van der Waals surface area contributed by atoms with Gasteiger partial charge in [-0.2, -0.15) is 0 Å². The van der Waals surface area contributed by atoms with Crippen LogP contribution in [0.5, 0.6) is 11.5 Å². The van der Waals surface area contributed by atoms with E-state index in [0.717, 1.165) is 43.4 Å². The fourth-order valence-electron chi connectivity index (χ4n) is 5.06. The van der Waals surface area contributed by atoms with Crippen LogP contribution in [0.4, 0.5) is 0 Å². The zero-order valence-corrected chi connectivity index (χ0v) is 19.8. The molecule has 0 fully saturated rings. The van der Waals surface area contributed by atoms with Gasteiger partial charge in [0.2, 0.25) is 0 Å². The molecule has 0 spiro atoms. The van der Waals surface area contributed by atoms with Crippen molar-refractivity contribution in [2.75, 3.05) is 26.4 Å². The van der Waals surface area contributed by atoms with Crippen molar-refractivity contribution in [1.82, 2.24) is 0 Å². The Kier molecular flexibility index (Phi) is 5.90. The molecule has 0 aliphatic carbocycles. The molecule has 0 radical (unpaired) electrons. The summed E-state index contributed by atoms with van der Waals surface area (Å²) in [5, 5.41) is 27.9. The number of aliphatic hydroxyl groups excluding tert-OH is 2. The molecular formula is C32H26O4. The van der Waals surface area contributed by atoms with Crippen molar-refractivity contribution < 1.29 is 19.7 Å². The predicted octanol–water partition coefficient (Wildman–Crippen LogP) is 6.71. The molecule has 178 valence electrons. The molecule has 0 aliphatic heterocycles. The van der Waals surface area contributed by atoms with E-state index >= 15 is 0 Å². The summed E-state index contributed by atoms with van der Waals surface area (Å²) >= 11 is 0. The summed E-state index contributed by atoms with van der Waals surface area (Å²) in [6, 6.07) is 33.5. The van der Waals surface area contributed by atoms with Gasteiger partial charge in [0.25, 0.3) is 0 Å². The number of benzene rings is 6. The summed E-state index contributed by atoms with van der Waals surface area (Å²) in [4.78, 5) is 0. The highest BCUT2D eigenvalue weighted by Crippen LogP contribution is 2.47. The third-order valence-electron chi connectivity index (χ3n) is 6.64. The van der Waals surface area contributed by atoms with Gasteiger partial charge in [0.15, 0.2) is 0 Å². The molecule has 6 aromatic carbocycles. The van der Waals surface area contributed by atoms with Crippen LogP contribution in [0, 0.1) is 0 Å². The molecule has 4 nitrogen and oxygen atoms in total. The van der Waals surface area contributed by atoms with Crippen LogP contribution < -0.4 is 9.47 Å². The van der Waals surface area contributed by atoms with E-state index in [9.17, 15) is 10.2 Å². The molecule has 0 atom stereocenters. The summed E-state index contributed by atoms with van der Waals surface area (Å²) in [6.45, 7) is 0.214. The number of hydrogen-bond donors (Lipinski definition) is 2. The number of rotatable bonds is 7. The zero-order chi connectivity index (χ0) is 24.5. The highest BCUT2D eigenvalue weighted by atomic mass is 16.5. The molecule has 0 saturated carbocycles. The fraction of sp³-hybridized carbons (Fsp3) is 0.125. The van der Waals surface area contributed by atoms with Gasteiger partial charge < -0.3 is 19.7 Å². The standard InChI is InChI=1S/C32H26O4/c33-13-15-35-29-11-9-25-17-21-5-1-3-7-23(21)19-27(25)31(29)32-28-20-24-8-4-2-6-22(24)18-26(28)10-12-30(32)36-16-14-34/h1-12,17-20,33-34H,13-16H2. The van der Waals surface area contributed by atoms with E-state index in [1.807, 2.05) is 36.4 Å². The smallest absolute Gasteiger partial charge is 0.128 e. The van der Waals surface area contributed by atoms with Crippen LogP contribution >= 0.6 is 0 Å². The second-order valence-electron chi connectivity index (χ2n) is 8.86. The zero-order valence-electron chi connectivity index (χ0n) is 19.8. The van der Waals surface area contributed by atoms with Gasteiger partial charge in [-0.25, -0.2) is 0 Å². The van der Waals surface area contributed by atoms with Crippen LogP contribution in [-0.2, 0) is 0 Å². The normalized spacial score (nSPS) is 11.5. The van der Waals surface area contributed by atoms with Crippen LogP contribution in [0.15, 0.2) is 97.1 Å². The average Bonchev–Trinajstić information content (AvgIpc) is 2.92. The highest BCUT2D eigenvalue weighted by Gasteiger charge is 2.20. The monoisotopic (exact) mass is 474 g/mol. The van der Waals surface area contributed by atoms with E-state index in [1.54, 1.807) is 0 Å². The Morgan fingerprint density at radius 3 is 1.22 bits per heavy atom. The molecule has 0 aliphatic rings. The third-order valence-corrected chi connectivity index (χ3v) is 6.64. The van der Waals surface area contributed by atoms with E-state index in [2.05, 4.69) is 60.7 Å². The minimum absolute atomic E-state index is 0.0801. The molecule has 0 bridgehead atoms. The number of hydrogen-bond acceptors (Lipinski definition) is 4. The SMILES string of the molecule is OCCOc1ccc2cc3ccccc3cc2c1-c1c(OCCO)ccc2cc3ccccc3cc12. The molecule has 0 aromatic heterocycles. The van der Waals surface area contributed by atoms with E-state index in [-0.39, 0.29) is 26.4 Å². The molecule has 6 aromatic rings. The van der Waals surface area contributed by atoms with Gasteiger partial charge in [-0.3, -0.25) is 0 Å². The predicted molar refractivity (Wildman–Crippen MR) is 147 cm³/mol. The van der Waals surface area contributed by atoms with Crippen molar-refractivity contribution in [3.8, 4) is 22.6 Å². The molecular weight excluding hydrogens is 448 g/mol. The molecule has 36 heavy (non-hydrogen) atoms. The number of fused-ring (bicyclic) bond motifs is 4. The van der Waals surface area contributed by atoms with E-state index in [4.69, 9.17) is 9.47 Å². The maximum atomic E-state index is 9.53. The Bertz CT molecular complexity index is 1590. The highest BCUT2D eigenvalue weighted by molar-refractivity contribution is 6.14. The largest absolute Gasteiger partial charge is 0.491 e. The quantitative estimate of drug-likeness (QED) is 0.253. The minimum Gasteiger partial charge on any atom is -0.491 e. The molecule has 0 amide bonds. The first-order chi connectivity index (χ1) is 17.8. The van der Waals surface area contributed by atoms with Crippen LogP contribution in [0.2, 0.25) is 0 Å². The second-order valence-corrected chi connectivity index (χ2v) is 8.86. The molecule has 0 saturated heterocycles. The molecule has 0 unspecified atom stereocenters. The van der Waals surface area contributed by atoms with Crippen molar-refractivity contribution >= 4 is 43.1 Å². The van der Waals surface area contributed by atoms with Crippen molar-refractivity contribution in [3.05, 3.63) is 97.1 Å². The van der Waals surface area contributed by atoms with Gasteiger partial charge in [-0.05, 0) is 79.5 Å². The maximum absolute atomic E-state index is 9.53. The Labute approximate surface area is 208 Å². The van der Waals surface area contributed by atoms with Crippen molar-refractivity contribution in [1.29, 1.82) is 0 Å². The van der Waals surface area contributed by atoms with E-state index < -0.39 is 0 Å². The van der Waals surface area contributed by atoms with Crippen LogP contribution in [0.1, 0.15) is 0 Å². The van der Waals surface area contributed by atoms with Crippen LogP contribution in [-0.4, -0.2) is 36.6 Å². The lowest BCUT2D eigenvalue weighted by Gasteiger charge is -2.20. The molecule has 2 N–H and O–H groups in total. The summed E-state index contributed by atoms with van der Waals surface area (Å²) < 4.78 is 12.2.